The molecule has 0 radical (unpaired) electrons. The van der Waals surface area contributed by atoms with Crippen molar-refractivity contribution < 1.29 is 14.7 Å². The Balaban J connectivity index is 2.35. The first-order valence-electron chi connectivity index (χ1n) is 2.64. The van der Waals surface area contributed by atoms with Crippen LogP contribution in [0, 0.1) is 0 Å². The van der Waals surface area contributed by atoms with Crippen LogP contribution in [0.25, 0.3) is 0 Å². The van der Waals surface area contributed by atoms with E-state index in [1.807, 2.05) is 0 Å². The van der Waals surface area contributed by atoms with E-state index >= 15 is 0 Å². The van der Waals surface area contributed by atoms with E-state index in [-0.39, 0.29) is 6.61 Å². The molecule has 1 N–H and O–H groups in total. The van der Waals surface area contributed by atoms with Gasteiger partial charge >= 0.3 is 5.97 Å². The summed E-state index contributed by atoms with van der Waals surface area (Å²) in [6.45, 7) is -0.373. The van der Waals surface area contributed by atoms with Crippen LogP contribution in [-0.2, 0) is 4.79 Å². The van der Waals surface area contributed by atoms with Gasteiger partial charge in [0.1, 0.15) is 0 Å². The second-order valence-corrected chi connectivity index (χ2v) is 1.58. The fraction of sp³-hybridized carbons (Fsp3) is 0.200. The molecule has 0 saturated heterocycles. The van der Waals surface area contributed by atoms with Gasteiger partial charge in [0.15, 0.2) is 0 Å². The number of aliphatic carboxylic acids is 1. The van der Waals surface area contributed by atoms with Gasteiger partial charge in [-0.1, -0.05) is 0 Å². The number of rotatable bonds is 3. The molecule has 54 valence electrons. The zero-order chi connectivity index (χ0) is 7.40. The Morgan fingerprint density at radius 2 is 2.60 bits per heavy atom. The normalized spacial score (nSPS) is 9.20. The van der Waals surface area contributed by atoms with E-state index in [2.05, 4.69) is 9.94 Å². The van der Waals surface area contributed by atoms with E-state index in [4.69, 9.17) is 5.11 Å². The Morgan fingerprint density at radius 1 is 1.80 bits per heavy atom. The minimum absolute atomic E-state index is 0.373. The molecule has 10 heavy (non-hydrogen) atoms. The van der Waals surface area contributed by atoms with Gasteiger partial charge in [-0.3, -0.25) is 0 Å². The highest BCUT2D eigenvalue weighted by molar-refractivity contribution is 5.68. The molecule has 5 nitrogen and oxygen atoms in total. The number of nitrogens with zero attached hydrogens (tertiary/aromatic N) is 2. The molecular weight excluding hydrogens is 136 g/mol. The summed E-state index contributed by atoms with van der Waals surface area (Å²) in [6.07, 6.45) is 3.02. The monoisotopic (exact) mass is 142 g/mol. The average molecular weight is 142 g/mol. The van der Waals surface area contributed by atoms with Crippen LogP contribution in [0.2, 0.25) is 0 Å². The third-order valence-electron chi connectivity index (χ3n) is 0.800. The summed E-state index contributed by atoms with van der Waals surface area (Å²) >= 11 is 0. The standard InChI is InChI=1S/C5H6N2O3/c8-5(9)4-10-7-3-1-2-6-7/h1-3H,4H2,(H,8,9). The SMILES string of the molecule is O=C(O)COn1cccn1. The molecule has 0 saturated carbocycles. The Bertz CT molecular complexity index is 207. The fourth-order valence-electron chi connectivity index (χ4n) is 0.453. The van der Waals surface area contributed by atoms with E-state index in [1.54, 1.807) is 6.07 Å². The van der Waals surface area contributed by atoms with Crippen molar-refractivity contribution in [1.82, 2.24) is 9.94 Å². The van der Waals surface area contributed by atoms with E-state index in [0.717, 1.165) is 4.85 Å². The van der Waals surface area contributed by atoms with Crippen LogP contribution in [0.1, 0.15) is 0 Å². The number of carboxylic acid groups (broad SMARTS) is 1. The smallest absolute Gasteiger partial charge is 0.344 e. The van der Waals surface area contributed by atoms with Crippen molar-refractivity contribution in [1.29, 1.82) is 0 Å². The molecule has 0 aliphatic heterocycles. The first-order chi connectivity index (χ1) is 4.79. The summed E-state index contributed by atoms with van der Waals surface area (Å²) in [7, 11) is 0. The van der Waals surface area contributed by atoms with Crippen molar-refractivity contribution in [3.63, 3.8) is 0 Å². The van der Waals surface area contributed by atoms with Crippen LogP contribution in [-0.4, -0.2) is 27.6 Å². The lowest BCUT2D eigenvalue weighted by Crippen LogP contribution is -2.19. The van der Waals surface area contributed by atoms with Gasteiger partial charge in [-0.2, -0.15) is 0 Å². The van der Waals surface area contributed by atoms with Crippen LogP contribution in [0.4, 0.5) is 0 Å². The van der Waals surface area contributed by atoms with Gasteiger partial charge in [-0.05, 0) is 6.07 Å². The lowest BCUT2D eigenvalue weighted by atomic mass is 10.8. The Hall–Kier alpha value is -1.52. The summed E-state index contributed by atoms with van der Waals surface area (Å²) in [5, 5.41) is 11.8. The Labute approximate surface area is 56.8 Å². The van der Waals surface area contributed by atoms with Crippen molar-refractivity contribution in [2.45, 2.75) is 0 Å². The van der Waals surface area contributed by atoms with Crippen molar-refractivity contribution in [3.8, 4) is 0 Å². The molecule has 0 unspecified atom stereocenters. The molecule has 5 heteroatoms. The maximum atomic E-state index is 9.93. The third kappa shape index (κ3) is 1.77. The number of carboxylic acids is 1. The summed E-state index contributed by atoms with van der Waals surface area (Å²) < 4.78 is 0. The minimum Gasteiger partial charge on any atom is -0.479 e. The van der Waals surface area contributed by atoms with Crippen LogP contribution < -0.4 is 4.84 Å². The summed E-state index contributed by atoms with van der Waals surface area (Å²) in [6, 6.07) is 1.64. The predicted octanol–water partition coefficient (Wildman–Crippen LogP) is -0.604. The molecule has 1 aromatic rings. The fourth-order valence-corrected chi connectivity index (χ4v) is 0.453. The zero-order valence-corrected chi connectivity index (χ0v) is 5.10. The molecule has 1 heterocycles. The van der Waals surface area contributed by atoms with Gasteiger partial charge in [0, 0.05) is 0 Å². The van der Waals surface area contributed by atoms with Crippen molar-refractivity contribution in [2.24, 2.45) is 0 Å². The highest BCUT2D eigenvalue weighted by Gasteiger charge is 1.96. The molecule has 0 aliphatic rings. The second-order valence-electron chi connectivity index (χ2n) is 1.58. The maximum Gasteiger partial charge on any atom is 0.344 e. The van der Waals surface area contributed by atoms with Gasteiger partial charge in [0.05, 0.1) is 12.4 Å². The molecule has 0 aromatic carbocycles. The van der Waals surface area contributed by atoms with Crippen LogP contribution >= 0.6 is 0 Å². The van der Waals surface area contributed by atoms with Crippen molar-refractivity contribution in [2.75, 3.05) is 6.61 Å². The topological polar surface area (TPSA) is 64.3 Å². The van der Waals surface area contributed by atoms with Crippen LogP contribution in [0.3, 0.4) is 0 Å². The van der Waals surface area contributed by atoms with E-state index in [1.165, 1.54) is 12.4 Å². The number of carbonyl (C=O) groups is 1. The summed E-state index contributed by atoms with van der Waals surface area (Å²) in [4.78, 5) is 15.6. The quantitative estimate of drug-likeness (QED) is 0.611. The molecule has 0 fully saturated rings. The van der Waals surface area contributed by atoms with E-state index in [0.29, 0.717) is 0 Å². The zero-order valence-electron chi connectivity index (χ0n) is 5.10. The highest BCUT2D eigenvalue weighted by atomic mass is 16.7. The number of aromatic nitrogens is 2. The second kappa shape index (κ2) is 2.86. The van der Waals surface area contributed by atoms with Gasteiger partial charge < -0.3 is 9.94 Å². The minimum atomic E-state index is -1.02. The summed E-state index contributed by atoms with van der Waals surface area (Å²) in [5.74, 6) is -1.02. The van der Waals surface area contributed by atoms with Crippen molar-refractivity contribution >= 4 is 5.97 Å². The first-order valence-corrected chi connectivity index (χ1v) is 2.64. The van der Waals surface area contributed by atoms with Gasteiger partial charge in [-0.25, -0.2) is 4.79 Å². The molecule has 0 amide bonds. The molecule has 0 atom stereocenters. The van der Waals surface area contributed by atoms with Gasteiger partial charge in [0.2, 0.25) is 6.61 Å². The first kappa shape index (κ1) is 6.60. The lowest BCUT2D eigenvalue weighted by Gasteiger charge is -1.98. The Kier molecular flexibility index (Phi) is 1.89. The predicted molar refractivity (Wildman–Crippen MR) is 31.3 cm³/mol. The number of hydrogen-bond acceptors (Lipinski definition) is 3. The van der Waals surface area contributed by atoms with E-state index in [9.17, 15) is 4.79 Å². The number of hydrogen-bond donors (Lipinski definition) is 1. The average Bonchev–Trinajstić information content (AvgIpc) is 2.34. The lowest BCUT2D eigenvalue weighted by molar-refractivity contribution is -0.143. The van der Waals surface area contributed by atoms with Gasteiger partial charge in [-0.15, -0.1) is 9.94 Å². The molecular formula is C5H6N2O3. The van der Waals surface area contributed by atoms with E-state index < -0.39 is 5.97 Å². The molecule has 1 aromatic heterocycles. The van der Waals surface area contributed by atoms with Crippen molar-refractivity contribution in [3.05, 3.63) is 18.5 Å². The maximum absolute atomic E-state index is 9.93. The van der Waals surface area contributed by atoms with Gasteiger partial charge in [0.25, 0.3) is 0 Å². The largest absolute Gasteiger partial charge is 0.479 e. The molecule has 0 aliphatic carbocycles. The van der Waals surface area contributed by atoms with Crippen LogP contribution in [0.5, 0.6) is 0 Å². The highest BCUT2D eigenvalue weighted by Crippen LogP contribution is 1.78. The molecule has 0 spiro atoms. The third-order valence-corrected chi connectivity index (χ3v) is 0.800. The summed E-state index contributed by atoms with van der Waals surface area (Å²) in [5.41, 5.74) is 0. The molecule has 0 bridgehead atoms. The Morgan fingerprint density at radius 3 is 3.10 bits per heavy atom. The molecule has 1 rings (SSSR count). The van der Waals surface area contributed by atoms with Crippen LogP contribution in [0.15, 0.2) is 18.5 Å².